The van der Waals surface area contributed by atoms with Crippen molar-refractivity contribution in [3.63, 3.8) is 0 Å². The number of fused-ring (bicyclic) bond motifs is 1. The molecular formula is C21H29N3O. The van der Waals surface area contributed by atoms with Gasteiger partial charge >= 0.3 is 0 Å². The Morgan fingerprint density at radius 1 is 1.16 bits per heavy atom. The number of methoxy groups -OCH3 is 1. The van der Waals surface area contributed by atoms with Crippen LogP contribution in [0.25, 0.3) is 10.9 Å². The Balaban J connectivity index is 1.47. The third-order valence-corrected chi connectivity index (χ3v) is 6.20. The predicted molar refractivity (Wildman–Crippen MR) is 102 cm³/mol. The van der Waals surface area contributed by atoms with Crippen molar-refractivity contribution >= 4 is 10.9 Å². The zero-order chi connectivity index (χ0) is 17.3. The number of pyridine rings is 1. The summed E-state index contributed by atoms with van der Waals surface area (Å²) in [5.74, 6) is 0.659. The second-order valence-electron chi connectivity index (χ2n) is 7.80. The summed E-state index contributed by atoms with van der Waals surface area (Å²) in [6, 6.07) is 12.8. The quantitative estimate of drug-likeness (QED) is 0.837. The molecule has 2 saturated heterocycles. The molecule has 0 saturated carbocycles. The Bertz CT molecular complexity index is 734. The van der Waals surface area contributed by atoms with E-state index in [9.17, 15) is 0 Å². The lowest BCUT2D eigenvalue weighted by Gasteiger charge is -2.30. The van der Waals surface area contributed by atoms with Gasteiger partial charge in [-0.1, -0.05) is 31.2 Å². The Morgan fingerprint density at radius 3 is 2.84 bits per heavy atom. The number of ether oxygens (including phenoxy) is 1. The molecule has 0 unspecified atom stereocenters. The molecule has 2 aliphatic heterocycles. The van der Waals surface area contributed by atoms with Gasteiger partial charge in [0.2, 0.25) is 0 Å². The van der Waals surface area contributed by atoms with Crippen LogP contribution in [-0.4, -0.2) is 61.2 Å². The molecular weight excluding hydrogens is 310 g/mol. The average molecular weight is 339 g/mol. The fraction of sp³-hybridized carbons (Fsp3) is 0.571. The second kappa shape index (κ2) is 7.02. The van der Waals surface area contributed by atoms with Gasteiger partial charge in [-0.2, -0.15) is 0 Å². The van der Waals surface area contributed by atoms with Crippen LogP contribution in [0.4, 0.5) is 0 Å². The smallest absolute Gasteiger partial charge is 0.0705 e. The Hall–Kier alpha value is -1.49. The number of hydrogen-bond acceptors (Lipinski definition) is 4. The van der Waals surface area contributed by atoms with Crippen molar-refractivity contribution in [2.45, 2.75) is 19.9 Å². The van der Waals surface area contributed by atoms with E-state index in [1.165, 1.54) is 43.7 Å². The fourth-order valence-electron chi connectivity index (χ4n) is 4.82. The lowest BCUT2D eigenvalue weighted by molar-refractivity contribution is 0.0958. The van der Waals surface area contributed by atoms with E-state index in [0.717, 1.165) is 25.2 Å². The highest BCUT2D eigenvalue weighted by atomic mass is 16.5. The molecule has 0 amide bonds. The lowest BCUT2D eigenvalue weighted by Crippen LogP contribution is -2.36. The van der Waals surface area contributed by atoms with Crippen LogP contribution in [0.15, 0.2) is 36.4 Å². The summed E-state index contributed by atoms with van der Waals surface area (Å²) < 4.78 is 5.55. The largest absolute Gasteiger partial charge is 0.384 e. The molecule has 2 atom stereocenters. The van der Waals surface area contributed by atoms with Crippen molar-refractivity contribution in [1.82, 2.24) is 14.8 Å². The number of aromatic nitrogens is 1. The molecule has 0 N–H and O–H groups in total. The van der Waals surface area contributed by atoms with E-state index in [1.807, 2.05) is 7.11 Å². The van der Waals surface area contributed by atoms with Crippen molar-refractivity contribution in [2.24, 2.45) is 11.3 Å². The monoisotopic (exact) mass is 339 g/mol. The number of para-hydroxylation sites is 1. The molecule has 2 fully saturated rings. The van der Waals surface area contributed by atoms with Crippen LogP contribution < -0.4 is 0 Å². The highest BCUT2D eigenvalue weighted by Gasteiger charge is 2.49. The number of nitrogens with zero attached hydrogens (tertiary/aromatic N) is 3. The van der Waals surface area contributed by atoms with Gasteiger partial charge in [-0.05, 0) is 31.6 Å². The summed E-state index contributed by atoms with van der Waals surface area (Å²) in [4.78, 5) is 10.1. The van der Waals surface area contributed by atoms with Crippen LogP contribution in [0, 0.1) is 11.3 Å². The minimum absolute atomic E-state index is 0.406. The molecule has 2 aromatic rings. The first-order chi connectivity index (χ1) is 12.2. The Morgan fingerprint density at radius 2 is 2.00 bits per heavy atom. The average Bonchev–Trinajstić information content (AvgIpc) is 3.19. The summed E-state index contributed by atoms with van der Waals surface area (Å²) in [5.41, 5.74) is 2.69. The van der Waals surface area contributed by atoms with Crippen molar-refractivity contribution in [3.05, 3.63) is 42.1 Å². The van der Waals surface area contributed by atoms with Gasteiger partial charge in [-0.15, -0.1) is 0 Å². The molecule has 1 aromatic carbocycles. The standard InChI is InChI=1S/C21H29N3O/c1-3-23-12-18(14-25-2)21(15-23)10-11-24(16-21)13-19-9-8-17-6-4-5-7-20(17)22-19/h4-9,18H,3,10-16H2,1-2H3/t18-,21-/m1/s1. The number of likely N-dealkylation sites (tertiary alicyclic amines) is 2. The predicted octanol–water partition coefficient (Wildman–Crippen LogP) is 3.03. The first-order valence-corrected chi connectivity index (χ1v) is 9.51. The van der Waals surface area contributed by atoms with Crippen LogP contribution in [0.3, 0.4) is 0 Å². The molecule has 25 heavy (non-hydrogen) atoms. The molecule has 4 rings (SSSR count). The molecule has 4 heteroatoms. The molecule has 0 bridgehead atoms. The first-order valence-electron chi connectivity index (χ1n) is 9.51. The number of rotatable bonds is 5. The fourth-order valence-corrected chi connectivity index (χ4v) is 4.82. The first kappa shape index (κ1) is 17.0. The van der Waals surface area contributed by atoms with Crippen LogP contribution >= 0.6 is 0 Å². The van der Waals surface area contributed by atoms with Crippen molar-refractivity contribution in [1.29, 1.82) is 0 Å². The molecule has 0 aliphatic carbocycles. The maximum absolute atomic E-state index is 5.55. The van der Waals surface area contributed by atoms with Gasteiger partial charge in [-0.25, -0.2) is 0 Å². The topological polar surface area (TPSA) is 28.6 Å². The third kappa shape index (κ3) is 3.31. The van der Waals surface area contributed by atoms with Crippen LogP contribution in [0.1, 0.15) is 19.0 Å². The van der Waals surface area contributed by atoms with Crippen molar-refractivity contribution < 1.29 is 4.74 Å². The van der Waals surface area contributed by atoms with E-state index in [0.29, 0.717) is 11.3 Å². The summed E-state index contributed by atoms with van der Waals surface area (Å²) in [7, 11) is 1.84. The van der Waals surface area contributed by atoms with E-state index in [4.69, 9.17) is 9.72 Å². The highest BCUT2D eigenvalue weighted by molar-refractivity contribution is 5.78. The van der Waals surface area contributed by atoms with Crippen LogP contribution in [0.2, 0.25) is 0 Å². The van der Waals surface area contributed by atoms with E-state index in [-0.39, 0.29) is 0 Å². The minimum Gasteiger partial charge on any atom is -0.384 e. The summed E-state index contributed by atoms with van der Waals surface area (Å²) in [5, 5.41) is 1.22. The van der Waals surface area contributed by atoms with E-state index >= 15 is 0 Å². The van der Waals surface area contributed by atoms with Gasteiger partial charge in [0.05, 0.1) is 17.8 Å². The number of hydrogen-bond donors (Lipinski definition) is 0. The summed E-state index contributed by atoms with van der Waals surface area (Å²) >= 11 is 0. The molecule has 3 heterocycles. The van der Waals surface area contributed by atoms with Gasteiger partial charge in [0, 0.05) is 50.0 Å². The highest BCUT2D eigenvalue weighted by Crippen LogP contribution is 2.44. The van der Waals surface area contributed by atoms with Crippen LogP contribution in [-0.2, 0) is 11.3 Å². The zero-order valence-electron chi connectivity index (χ0n) is 15.4. The second-order valence-corrected chi connectivity index (χ2v) is 7.80. The summed E-state index contributed by atoms with van der Waals surface area (Å²) in [6.07, 6.45) is 1.28. The van der Waals surface area contributed by atoms with E-state index in [1.54, 1.807) is 0 Å². The normalized spacial score (nSPS) is 27.7. The van der Waals surface area contributed by atoms with E-state index in [2.05, 4.69) is 53.1 Å². The van der Waals surface area contributed by atoms with Gasteiger partial charge in [0.1, 0.15) is 0 Å². The van der Waals surface area contributed by atoms with Gasteiger partial charge < -0.3 is 9.64 Å². The lowest BCUT2D eigenvalue weighted by atomic mass is 9.77. The van der Waals surface area contributed by atoms with E-state index < -0.39 is 0 Å². The molecule has 4 nitrogen and oxygen atoms in total. The molecule has 2 aliphatic rings. The van der Waals surface area contributed by atoms with Gasteiger partial charge in [0.25, 0.3) is 0 Å². The van der Waals surface area contributed by atoms with Crippen LogP contribution in [0.5, 0.6) is 0 Å². The molecule has 134 valence electrons. The maximum Gasteiger partial charge on any atom is 0.0705 e. The van der Waals surface area contributed by atoms with Crippen molar-refractivity contribution in [2.75, 3.05) is 46.4 Å². The molecule has 0 radical (unpaired) electrons. The third-order valence-electron chi connectivity index (χ3n) is 6.20. The van der Waals surface area contributed by atoms with Gasteiger partial charge in [-0.3, -0.25) is 9.88 Å². The zero-order valence-corrected chi connectivity index (χ0v) is 15.4. The maximum atomic E-state index is 5.55. The Labute approximate surface area is 150 Å². The SMILES string of the molecule is CCN1C[C@H](COC)[C@]2(CCN(Cc3ccc4ccccc4n3)C2)C1. The Kier molecular flexibility index (Phi) is 4.76. The van der Waals surface area contributed by atoms with Gasteiger partial charge in [0.15, 0.2) is 0 Å². The summed E-state index contributed by atoms with van der Waals surface area (Å²) in [6.45, 7) is 10.0. The van der Waals surface area contributed by atoms with Crippen molar-refractivity contribution in [3.8, 4) is 0 Å². The minimum atomic E-state index is 0.406. The molecule has 1 aromatic heterocycles. The molecule has 1 spiro atoms. The number of benzene rings is 1.